The maximum Gasteiger partial charge on any atom is 0.118 e. The summed E-state index contributed by atoms with van der Waals surface area (Å²) in [7, 11) is 1.66. The van der Waals surface area contributed by atoms with Crippen molar-refractivity contribution in [3.05, 3.63) is 89.3 Å². The lowest BCUT2D eigenvalue weighted by Gasteiger charge is -2.12. The molecular weight excluding hydrogens is 298 g/mol. The summed E-state index contributed by atoms with van der Waals surface area (Å²) >= 11 is 0. The van der Waals surface area contributed by atoms with E-state index in [1.54, 1.807) is 7.11 Å². The van der Waals surface area contributed by atoms with Crippen molar-refractivity contribution in [3.8, 4) is 5.75 Å². The van der Waals surface area contributed by atoms with Crippen molar-refractivity contribution in [3.63, 3.8) is 0 Å². The van der Waals surface area contributed by atoms with Crippen LogP contribution in [-0.4, -0.2) is 7.11 Å². The standard InChI is InChI=1S/C20H19N3O/c1-24-18-12-10-15(11-13-18)14-16-6-5-9-19(20(16)21)23-22-17-7-3-2-4-8-17/h2-5,7-14H,6,21H2,1H3. The average molecular weight is 317 g/mol. The second kappa shape index (κ2) is 7.42. The molecule has 1 aliphatic carbocycles. The van der Waals surface area contributed by atoms with Crippen LogP contribution >= 0.6 is 0 Å². The Balaban J connectivity index is 1.84. The zero-order valence-electron chi connectivity index (χ0n) is 13.5. The van der Waals surface area contributed by atoms with Gasteiger partial charge in [0, 0.05) is 0 Å². The molecule has 1 aliphatic rings. The molecule has 0 heterocycles. The quantitative estimate of drug-likeness (QED) is 0.807. The molecule has 0 unspecified atom stereocenters. The van der Waals surface area contributed by atoms with Gasteiger partial charge in [-0.3, -0.25) is 0 Å². The van der Waals surface area contributed by atoms with Crippen molar-refractivity contribution in [1.29, 1.82) is 0 Å². The molecule has 0 fully saturated rings. The molecule has 3 rings (SSSR count). The third-order valence-corrected chi connectivity index (χ3v) is 3.72. The Kier molecular flexibility index (Phi) is 4.87. The van der Waals surface area contributed by atoms with Crippen LogP contribution in [0.3, 0.4) is 0 Å². The lowest BCUT2D eigenvalue weighted by atomic mass is 9.99. The van der Waals surface area contributed by atoms with Crippen LogP contribution < -0.4 is 10.5 Å². The van der Waals surface area contributed by atoms with E-state index in [9.17, 15) is 0 Å². The largest absolute Gasteiger partial charge is 0.497 e. The van der Waals surface area contributed by atoms with Gasteiger partial charge in [0.15, 0.2) is 0 Å². The van der Waals surface area contributed by atoms with E-state index in [0.717, 1.165) is 29.0 Å². The first-order valence-electron chi connectivity index (χ1n) is 7.74. The molecule has 4 heteroatoms. The van der Waals surface area contributed by atoms with E-state index in [2.05, 4.69) is 16.3 Å². The van der Waals surface area contributed by atoms with E-state index in [-0.39, 0.29) is 0 Å². The zero-order chi connectivity index (χ0) is 16.8. The molecule has 4 nitrogen and oxygen atoms in total. The molecule has 0 atom stereocenters. The molecule has 0 aliphatic heterocycles. The normalized spacial score (nSPS) is 16.1. The Morgan fingerprint density at radius 2 is 1.75 bits per heavy atom. The number of benzene rings is 2. The molecule has 0 radical (unpaired) electrons. The van der Waals surface area contributed by atoms with E-state index < -0.39 is 0 Å². The number of azo groups is 1. The molecule has 2 N–H and O–H groups in total. The number of methoxy groups -OCH3 is 1. The minimum atomic E-state index is 0.660. The molecule has 0 amide bonds. The van der Waals surface area contributed by atoms with Gasteiger partial charge in [0.25, 0.3) is 0 Å². The van der Waals surface area contributed by atoms with Crippen molar-refractivity contribution in [2.24, 2.45) is 16.0 Å². The van der Waals surface area contributed by atoms with Crippen molar-refractivity contribution in [2.45, 2.75) is 6.42 Å². The molecule has 0 saturated carbocycles. The van der Waals surface area contributed by atoms with Gasteiger partial charge in [-0.1, -0.05) is 36.4 Å². The Morgan fingerprint density at radius 3 is 2.46 bits per heavy atom. The number of allylic oxidation sites excluding steroid dienone is 3. The van der Waals surface area contributed by atoms with Crippen molar-refractivity contribution in [2.75, 3.05) is 7.11 Å². The van der Waals surface area contributed by atoms with E-state index in [4.69, 9.17) is 10.5 Å². The Morgan fingerprint density at radius 1 is 1.00 bits per heavy atom. The van der Waals surface area contributed by atoms with Crippen molar-refractivity contribution in [1.82, 2.24) is 0 Å². The van der Waals surface area contributed by atoms with Crippen LogP contribution in [0.2, 0.25) is 0 Å². The van der Waals surface area contributed by atoms with Crippen molar-refractivity contribution < 1.29 is 4.74 Å². The number of nitrogens with two attached hydrogens (primary N) is 1. The highest BCUT2D eigenvalue weighted by Crippen LogP contribution is 2.26. The fourth-order valence-corrected chi connectivity index (χ4v) is 2.39. The fraction of sp³-hybridized carbons (Fsp3) is 0.100. The van der Waals surface area contributed by atoms with Crippen LogP contribution in [0.15, 0.2) is 93.9 Å². The van der Waals surface area contributed by atoms with E-state index in [0.29, 0.717) is 11.4 Å². The summed E-state index contributed by atoms with van der Waals surface area (Å²) in [5.41, 5.74) is 10.5. The van der Waals surface area contributed by atoms with Crippen LogP contribution in [0.4, 0.5) is 5.69 Å². The molecule has 2 aromatic carbocycles. The lowest BCUT2D eigenvalue weighted by molar-refractivity contribution is 0.415. The number of hydrogen-bond acceptors (Lipinski definition) is 4. The first-order valence-corrected chi connectivity index (χ1v) is 7.74. The highest BCUT2D eigenvalue weighted by atomic mass is 16.5. The van der Waals surface area contributed by atoms with Gasteiger partial charge in [0.2, 0.25) is 0 Å². The van der Waals surface area contributed by atoms with Gasteiger partial charge in [-0.15, -0.1) is 5.11 Å². The maximum atomic E-state index is 6.27. The van der Waals surface area contributed by atoms with Crippen molar-refractivity contribution >= 4 is 11.8 Å². The summed E-state index contributed by atoms with van der Waals surface area (Å²) in [5.74, 6) is 0.835. The first-order chi connectivity index (χ1) is 11.8. The van der Waals surface area contributed by atoms with E-state index >= 15 is 0 Å². The SMILES string of the molecule is COc1ccc(C=C2CC=CC(N=Nc3ccccc3)=C2N)cc1. The Labute approximate surface area is 141 Å². The highest BCUT2D eigenvalue weighted by Gasteiger charge is 2.10. The molecular formula is C20H19N3O. The number of nitrogens with zero attached hydrogens (tertiary/aromatic N) is 2. The molecule has 0 saturated heterocycles. The summed E-state index contributed by atoms with van der Waals surface area (Å²) in [4.78, 5) is 0. The zero-order valence-corrected chi connectivity index (χ0v) is 13.5. The summed E-state index contributed by atoms with van der Waals surface area (Å²) in [5, 5.41) is 8.52. The predicted molar refractivity (Wildman–Crippen MR) is 96.9 cm³/mol. The van der Waals surface area contributed by atoms with Gasteiger partial charge in [-0.25, -0.2) is 0 Å². The monoisotopic (exact) mass is 317 g/mol. The van der Waals surface area contributed by atoms with Gasteiger partial charge >= 0.3 is 0 Å². The van der Waals surface area contributed by atoms with Crippen LogP contribution in [0.1, 0.15) is 12.0 Å². The summed E-state index contributed by atoms with van der Waals surface area (Å²) in [6, 6.07) is 17.5. The van der Waals surface area contributed by atoms with Crippen LogP contribution in [0.25, 0.3) is 6.08 Å². The second-order valence-electron chi connectivity index (χ2n) is 5.38. The first kappa shape index (κ1) is 15.7. The highest BCUT2D eigenvalue weighted by molar-refractivity contribution is 5.61. The number of ether oxygens (including phenoxy) is 1. The van der Waals surface area contributed by atoms with Gasteiger partial charge in [-0.05, 0) is 54.0 Å². The summed E-state index contributed by atoms with van der Waals surface area (Å²) in [6.45, 7) is 0. The fourth-order valence-electron chi connectivity index (χ4n) is 2.39. The molecule has 0 bridgehead atoms. The molecule has 2 aromatic rings. The second-order valence-corrected chi connectivity index (χ2v) is 5.38. The van der Waals surface area contributed by atoms with Gasteiger partial charge in [-0.2, -0.15) is 5.11 Å². The maximum absolute atomic E-state index is 6.27. The summed E-state index contributed by atoms with van der Waals surface area (Å²) < 4.78 is 5.18. The lowest BCUT2D eigenvalue weighted by Crippen LogP contribution is -2.06. The summed E-state index contributed by atoms with van der Waals surface area (Å²) in [6.07, 6.45) is 6.80. The van der Waals surface area contributed by atoms with E-state index in [1.807, 2.05) is 66.7 Å². The molecule has 24 heavy (non-hydrogen) atoms. The molecule has 120 valence electrons. The van der Waals surface area contributed by atoms with Crippen LogP contribution in [0, 0.1) is 0 Å². The van der Waals surface area contributed by atoms with Crippen LogP contribution in [-0.2, 0) is 0 Å². The average Bonchev–Trinajstić information content (AvgIpc) is 2.64. The minimum Gasteiger partial charge on any atom is -0.497 e. The predicted octanol–water partition coefficient (Wildman–Crippen LogP) is 4.99. The third-order valence-electron chi connectivity index (χ3n) is 3.72. The molecule has 0 aromatic heterocycles. The van der Waals surface area contributed by atoms with Gasteiger partial charge < -0.3 is 10.5 Å². The van der Waals surface area contributed by atoms with Gasteiger partial charge in [0.05, 0.1) is 18.5 Å². The smallest absolute Gasteiger partial charge is 0.118 e. The molecule has 0 spiro atoms. The number of rotatable bonds is 4. The topological polar surface area (TPSA) is 60.0 Å². The van der Waals surface area contributed by atoms with Gasteiger partial charge in [0.1, 0.15) is 11.4 Å². The third kappa shape index (κ3) is 3.79. The Bertz CT molecular complexity index is 816. The van der Waals surface area contributed by atoms with E-state index in [1.165, 1.54) is 0 Å². The number of hydrogen-bond donors (Lipinski definition) is 1. The Hall–Kier alpha value is -3.14. The van der Waals surface area contributed by atoms with Crippen LogP contribution in [0.5, 0.6) is 5.75 Å². The minimum absolute atomic E-state index is 0.660.